The van der Waals surface area contributed by atoms with Gasteiger partial charge in [0.25, 0.3) is 0 Å². The van der Waals surface area contributed by atoms with Crippen molar-refractivity contribution in [2.24, 2.45) is 0 Å². The molecule has 0 aliphatic rings. The van der Waals surface area contributed by atoms with Gasteiger partial charge in [-0.15, -0.1) is 0 Å². The van der Waals surface area contributed by atoms with E-state index in [1.807, 2.05) is 60.7 Å². The van der Waals surface area contributed by atoms with Crippen LogP contribution in [0.5, 0.6) is 5.75 Å². The topological polar surface area (TPSA) is 35.3 Å². The molecular formula is C26H19NO2. The van der Waals surface area contributed by atoms with E-state index in [1.54, 1.807) is 7.11 Å². The summed E-state index contributed by atoms with van der Waals surface area (Å²) in [6, 6.07) is 28.3. The normalized spacial score (nSPS) is 11.5. The lowest BCUT2D eigenvalue weighted by molar-refractivity contribution is 0.415. The highest BCUT2D eigenvalue weighted by Gasteiger charge is 2.14. The van der Waals surface area contributed by atoms with Crippen LogP contribution in [0.3, 0.4) is 0 Å². The molecule has 2 aromatic heterocycles. The largest absolute Gasteiger partial charge is 0.497 e. The quantitative estimate of drug-likeness (QED) is 0.344. The maximum atomic E-state index is 6.32. The molecule has 0 amide bonds. The summed E-state index contributed by atoms with van der Waals surface area (Å²) in [5.74, 6) is 1.64. The van der Waals surface area contributed by atoms with Crippen molar-refractivity contribution in [1.29, 1.82) is 0 Å². The number of fused-ring (bicyclic) bond motifs is 3. The second kappa shape index (κ2) is 7.28. The molecule has 0 bridgehead atoms. The number of furan rings is 1. The van der Waals surface area contributed by atoms with Crippen LogP contribution in [-0.4, -0.2) is 12.1 Å². The smallest absolute Gasteiger partial charge is 0.146 e. The number of hydrogen-bond acceptors (Lipinski definition) is 3. The average molecular weight is 377 g/mol. The first-order chi connectivity index (χ1) is 14.3. The van der Waals surface area contributed by atoms with Crippen LogP contribution in [0.25, 0.3) is 45.3 Å². The summed E-state index contributed by atoms with van der Waals surface area (Å²) in [6.45, 7) is 0. The highest BCUT2D eigenvalue weighted by Crippen LogP contribution is 2.35. The monoisotopic (exact) mass is 377 g/mol. The zero-order valence-electron chi connectivity index (χ0n) is 16.0. The van der Waals surface area contributed by atoms with Crippen LogP contribution >= 0.6 is 0 Å². The standard InChI is InChI=1S/C26H19NO2/c1-28-20-14-12-19(13-15-20)25-17-22-24(16-11-18-7-3-2-4-8-18)27-23-10-6-5-9-21(23)26(22)29-25/h2-17H,1H3/b16-11+. The van der Waals surface area contributed by atoms with E-state index < -0.39 is 0 Å². The predicted molar refractivity (Wildman–Crippen MR) is 119 cm³/mol. The summed E-state index contributed by atoms with van der Waals surface area (Å²) >= 11 is 0. The summed E-state index contributed by atoms with van der Waals surface area (Å²) in [7, 11) is 1.67. The van der Waals surface area contributed by atoms with E-state index in [-0.39, 0.29) is 0 Å². The van der Waals surface area contributed by atoms with Crippen molar-refractivity contribution in [2.75, 3.05) is 7.11 Å². The average Bonchev–Trinajstić information content (AvgIpc) is 3.24. The third kappa shape index (κ3) is 3.27. The number of nitrogens with zero attached hydrogens (tertiary/aromatic N) is 1. The van der Waals surface area contributed by atoms with Crippen LogP contribution in [0.4, 0.5) is 0 Å². The minimum absolute atomic E-state index is 0.815. The van der Waals surface area contributed by atoms with Crippen LogP contribution < -0.4 is 4.74 Å². The number of aromatic nitrogens is 1. The third-order valence-corrected chi connectivity index (χ3v) is 5.01. The van der Waals surface area contributed by atoms with Gasteiger partial charge in [0, 0.05) is 16.3 Å². The summed E-state index contributed by atoms with van der Waals surface area (Å²) in [5, 5.41) is 2.01. The molecule has 0 spiro atoms. The van der Waals surface area contributed by atoms with Crippen LogP contribution in [-0.2, 0) is 0 Å². The number of para-hydroxylation sites is 1. The zero-order valence-corrected chi connectivity index (χ0v) is 16.0. The first-order valence-corrected chi connectivity index (χ1v) is 9.52. The number of benzene rings is 3. The molecule has 5 rings (SSSR count). The number of rotatable bonds is 4. The van der Waals surface area contributed by atoms with Gasteiger partial charge in [0.2, 0.25) is 0 Å². The van der Waals surface area contributed by atoms with Crippen LogP contribution in [0.15, 0.2) is 89.3 Å². The van der Waals surface area contributed by atoms with Crippen LogP contribution in [0, 0.1) is 0 Å². The summed E-state index contributed by atoms with van der Waals surface area (Å²) in [5.41, 5.74) is 4.81. The zero-order chi connectivity index (χ0) is 19.6. The minimum atomic E-state index is 0.815. The molecule has 3 aromatic carbocycles. The Morgan fingerprint density at radius 1 is 0.793 bits per heavy atom. The Morgan fingerprint density at radius 2 is 1.55 bits per heavy atom. The molecule has 0 N–H and O–H groups in total. The minimum Gasteiger partial charge on any atom is -0.497 e. The molecule has 0 aliphatic heterocycles. The van der Waals surface area contributed by atoms with Crippen molar-refractivity contribution in [1.82, 2.24) is 4.98 Å². The molecular weight excluding hydrogens is 358 g/mol. The van der Waals surface area contributed by atoms with Gasteiger partial charge < -0.3 is 9.15 Å². The highest BCUT2D eigenvalue weighted by atomic mass is 16.5. The van der Waals surface area contributed by atoms with E-state index in [1.165, 1.54) is 0 Å². The van der Waals surface area contributed by atoms with Gasteiger partial charge >= 0.3 is 0 Å². The van der Waals surface area contributed by atoms with Crippen molar-refractivity contribution in [3.8, 4) is 17.1 Å². The van der Waals surface area contributed by atoms with E-state index in [9.17, 15) is 0 Å². The number of ether oxygens (including phenoxy) is 1. The Kier molecular flexibility index (Phi) is 4.34. The third-order valence-electron chi connectivity index (χ3n) is 5.01. The van der Waals surface area contributed by atoms with Crippen molar-refractivity contribution in [3.63, 3.8) is 0 Å². The van der Waals surface area contributed by atoms with E-state index >= 15 is 0 Å². The van der Waals surface area contributed by atoms with Gasteiger partial charge in [-0.2, -0.15) is 0 Å². The second-order valence-corrected chi connectivity index (χ2v) is 6.84. The number of pyridine rings is 1. The Hall–Kier alpha value is -3.85. The molecule has 0 saturated heterocycles. The van der Waals surface area contributed by atoms with Crippen LogP contribution in [0.1, 0.15) is 11.3 Å². The van der Waals surface area contributed by atoms with E-state index in [0.717, 1.165) is 50.2 Å². The van der Waals surface area contributed by atoms with Crippen molar-refractivity contribution in [2.45, 2.75) is 0 Å². The molecule has 3 nitrogen and oxygen atoms in total. The maximum absolute atomic E-state index is 6.32. The Morgan fingerprint density at radius 3 is 2.34 bits per heavy atom. The molecule has 5 aromatic rings. The fourth-order valence-electron chi connectivity index (χ4n) is 3.50. The molecule has 140 valence electrons. The van der Waals surface area contributed by atoms with E-state index in [2.05, 4.69) is 36.4 Å². The first kappa shape index (κ1) is 17.3. The highest BCUT2D eigenvalue weighted by molar-refractivity contribution is 6.07. The molecule has 3 heteroatoms. The Labute approximate surface area is 168 Å². The van der Waals surface area contributed by atoms with Crippen LogP contribution in [0.2, 0.25) is 0 Å². The van der Waals surface area contributed by atoms with Crippen molar-refractivity contribution < 1.29 is 9.15 Å². The van der Waals surface area contributed by atoms with Gasteiger partial charge in [-0.1, -0.05) is 48.5 Å². The Bertz CT molecular complexity index is 1320. The Balaban J connectivity index is 1.69. The fourth-order valence-corrected chi connectivity index (χ4v) is 3.50. The number of hydrogen-bond donors (Lipinski definition) is 0. The maximum Gasteiger partial charge on any atom is 0.146 e. The predicted octanol–water partition coefficient (Wildman–Crippen LogP) is 6.83. The molecule has 0 radical (unpaired) electrons. The molecule has 0 fully saturated rings. The lowest BCUT2D eigenvalue weighted by atomic mass is 10.1. The SMILES string of the molecule is COc1ccc(-c2cc3c(/C=C/c4ccccc4)nc4ccccc4c3o2)cc1. The summed E-state index contributed by atoms with van der Waals surface area (Å²) in [6.07, 6.45) is 4.13. The molecule has 0 aliphatic carbocycles. The van der Waals surface area contributed by atoms with E-state index in [0.29, 0.717) is 0 Å². The van der Waals surface area contributed by atoms with Gasteiger partial charge in [-0.3, -0.25) is 0 Å². The molecule has 0 atom stereocenters. The van der Waals surface area contributed by atoms with E-state index in [4.69, 9.17) is 14.1 Å². The molecule has 0 saturated carbocycles. The lowest BCUT2D eigenvalue weighted by Gasteiger charge is -2.02. The lowest BCUT2D eigenvalue weighted by Crippen LogP contribution is -1.85. The van der Waals surface area contributed by atoms with Crippen molar-refractivity contribution in [3.05, 3.63) is 96.2 Å². The van der Waals surface area contributed by atoms with Gasteiger partial charge in [-0.25, -0.2) is 4.98 Å². The van der Waals surface area contributed by atoms with Crippen molar-refractivity contribution >= 4 is 34.0 Å². The summed E-state index contributed by atoms with van der Waals surface area (Å²) < 4.78 is 11.6. The first-order valence-electron chi connectivity index (χ1n) is 9.52. The van der Waals surface area contributed by atoms with Gasteiger partial charge in [0.1, 0.15) is 17.1 Å². The fraction of sp³-hybridized carbons (Fsp3) is 0.0385. The molecule has 29 heavy (non-hydrogen) atoms. The second-order valence-electron chi connectivity index (χ2n) is 6.84. The van der Waals surface area contributed by atoms with Gasteiger partial charge in [0.05, 0.1) is 18.3 Å². The van der Waals surface area contributed by atoms with Gasteiger partial charge in [-0.05, 0) is 54.1 Å². The summed E-state index contributed by atoms with van der Waals surface area (Å²) in [4.78, 5) is 4.89. The van der Waals surface area contributed by atoms with Gasteiger partial charge in [0.15, 0.2) is 0 Å². The number of methoxy groups -OCH3 is 1. The molecule has 2 heterocycles. The molecule has 0 unspecified atom stereocenters.